The number of nitrogens with zero attached hydrogens (tertiary/aromatic N) is 2. The van der Waals surface area contributed by atoms with E-state index in [1.54, 1.807) is 7.11 Å². The largest absolute Gasteiger partial charge is 0.423 e. The molecule has 20 heavy (non-hydrogen) atoms. The number of benzene rings is 1. The summed E-state index contributed by atoms with van der Waals surface area (Å²) in [4.78, 5) is 6.79. The number of aromatic nitrogens is 1. The molecule has 1 saturated carbocycles. The Morgan fingerprint density at radius 3 is 3.00 bits per heavy atom. The van der Waals surface area contributed by atoms with E-state index < -0.39 is 0 Å². The van der Waals surface area contributed by atoms with Gasteiger partial charge in [-0.05, 0) is 43.9 Å². The molecule has 0 amide bonds. The first-order chi connectivity index (χ1) is 9.69. The first-order valence-corrected chi connectivity index (χ1v) is 7.10. The van der Waals surface area contributed by atoms with Gasteiger partial charge in [-0.15, -0.1) is 0 Å². The van der Waals surface area contributed by atoms with E-state index in [0.29, 0.717) is 24.4 Å². The second-order valence-electron chi connectivity index (χ2n) is 5.49. The Kier molecular flexibility index (Phi) is 3.53. The Hall–Kier alpha value is -1.75. The molecule has 3 rings (SSSR count). The molecule has 5 heteroatoms. The molecule has 1 aromatic heterocycles. The molecule has 1 aromatic carbocycles. The highest BCUT2D eigenvalue weighted by Gasteiger charge is 2.33. The number of nitrogens with two attached hydrogens (primary N) is 1. The predicted octanol–water partition coefficient (Wildman–Crippen LogP) is 2.66. The maximum Gasteiger partial charge on any atom is 0.298 e. The highest BCUT2D eigenvalue weighted by Crippen LogP contribution is 2.37. The van der Waals surface area contributed by atoms with Gasteiger partial charge in [-0.1, -0.05) is 0 Å². The summed E-state index contributed by atoms with van der Waals surface area (Å²) in [6.45, 7) is 3.69. The summed E-state index contributed by atoms with van der Waals surface area (Å²) in [6, 6.07) is 6.65. The summed E-state index contributed by atoms with van der Waals surface area (Å²) in [5.74, 6) is 0.743. The van der Waals surface area contributed by atoms with Crippen molar-refractivity contribution in [3.8, 4) is 0 Å². The number of rotatable bonds is 6. The van der Waals surface area contributed by atoms with Gasteiger partial charge in [0.1, 0.15) is 5.52 Å². The summed E-state index contributed by atoms with van der Waals surface area (Å²) in [5, 5.41) is 0. The first-order valence-electron chi connectivity index (χ1n) is 7.10. The fourth-order valence-electron chi connectivity index (χ4n) is 2.55. The summed E-state index contributed by atoms with van der Waals surface area (Å²) in [5.41, 5.74) is 8.08. The molecule has 0 spiro atoms. The lowest BCUT2D eigenvalue weighted by Crippen LogP contribution is -2.37. The molecule has 5 nitrogen and oxygen atoms in total. The molecule has 1 aliphatic carbocycles. The zero-order valence-electron chi connectivity index (χ0n) is 12.0. The van der Waals surface area contributed by atoms with Crippen molar-refractivity contribution in [1.82, 2.24) is 4.98 Å². The average Bonchev–Trinajstić information content (AvgIpc) is 3.20. The molecular formula is C15H21N3O2. The summed E-state index contributed by atoms with van der Waals surface area (Å²) >= 11 is 0. The topological polar surface area (TPSA) is 64.5 Å². The third kappa shape index (κ3) is 2.58. The van der Waals surface area contributed by atoms with Gasteiger partial charge in [0.15, 0.2) is 5.58 Å². The Morgan fingerprint density at radius 2 is 2.30 bits per heavy atom. The summed E-state index contributed by atoms with van der Waals surface area (Å²) in [6.07, 6.45) is 2.58. The Balaban J connectivity index is 1.90. The van der Waals surface area contributed by atoms with E-state index in [1.807, 2.05) is 18.2 Å². The molecular weight excluding hydrogens is 254 g/mol. The minimum atomic E-state index is 0.426. The van der Waals surface area contributed by atoms with E-state index in [-0.39, 0.29) is 0 Å². The molecule has 0 aliphatic heterocycles. The van der Waals surface area contributed by atoms with E-state index in [4.69, 9.17) is 14.9 Å². The van der Waals surface area contributed by atoms with E-state index in [0.717, 1.165) is 23.6 Å². The average molecular weight is 275 g/mol. The van der Waals surface area contributed by atoms with Crippen molar-refractivity contribution in [3.63, 3.8) is 0 Å². The number of methoxy groups -OCH3 is 1. The van der Waals surface area contributed by atoms with Crippen LogP contribution in [0, 0.1) is 5.92 Å². The molecule has 2 aromatic rings. The lowest BCUT2D eigenvalue weighted by Gasteiger charge is -2.27. The van der Waals surface area contributed by atoms with Crippen molar-refractivity contribution < 1.29 is 9.15 Å². The van der Waals surface area contributed by atoms with Crippen molar-refractivity contribution in [2.24, 2.45) is 5.92 Å². The molecule has 0 saturated heterocycles. The molecule has 0 bridgehead atoms. The summed E-state index contributed by atoms with van der Waals surface area (Å²) in [7, 11) is 1.72. The highest BCUT2D eigenvalue weighted by molar-refractivity contribution is 5.78. The van der Waals surface area contributed by atoms with Crippen molar-refractivity contribution in [1.29, 1.82) is 0 Å². The SMILES string of the molecule is COCCN(c1nc2cc(N)ccc2o1)C(C)C1CC1. The maximum atomic E-state index is 5.89. The second kappa shape index (κ2) is 5.32. The third-order valence-corrected chi connectivity index (χ3v) is 3.98. The van der Waals surface area contributed by atoms with E-state index in [9.17, 15) is 0 Å². The number of hydrogen-bond acceptors (Lipinski definition) is 5. The van der Waals surface area contributed by atoms with Gasteiger partial charge < -0.3 is 19.8 Å². The van der Waals surface area contributed by atoms with E-state index in [1.165, 1.54) is 12.8 Å². The van der Waals surface area contributed by atoms with Crippen LogP contribution in [-0.2, 0) is 4.74 Å². The maximum absolute atomic E-state index is 5.89. The van der Waals surface area contributed by atoms with Crippen LogP contribution >= 0.6 is 0 Å². The van der Waals surface area contributed by atoms with Crippen molar-refractivity contribution in [2.45, 2.75) is 25.8 Å². The molecule has 1 aliphatic rings. The lowest BCUT2D eigenvalue weighted by molar-refractivity contribution is 0.201. The standard InChI is InChI=1S/C15H21N3O2/c1-10(11-3-4-11)18(7-8-19-2)15-17-13-9-12(16)5-6-14(13)20-15/h5-6,9-11H,3-4,7-8,16H2,1-2H3. The second-order valence-corrected chi connectivity index (χ2v) is 5.49. The quantitative estimate of drug-likeness (QED) is 0.821. The molecule has 1 unspecified atom stereocenters. The zero-order chi connectivity index (χ0) is 14.1. The normalized spacial score (nSPS) is 16.5. The number of oxazole rings is 1. The van der Waals surface area contributed by atoms with Gasteiger partial charge in [0.05, 0.1) is 6.61 Å². The van der Waals surface area contributed by atoms with Crippen LogP contribution in [0.1, 0.15) is 19.8 Å². The third-order valence-electron chi connectivity index (χ3n) is 3.98. The fraction of sp³-hybridized carbons (Fsp3) is 0.533. The molecule has 1 fully saturated rings. The zero-order valence-corrected chi connectivity index (χ0v) is 12.0. The van der Waals surface area contributed by atoms with Crippen LogP contribution < -0.4 is 10.6 Å². The van der Waals surface area contributed by atoms with Crippen LogP contribution in [0.3, 0.4) is 0 Å². The molecule has 108 valence electrons. The van der Waals surface area contributed by atoms with Gasteiger partial charge in [0, 0.05) is 25.4 Å². The fourth-order valence-corrected chi connectivity index (χ4v) is 2.55. The van der Waals surface area contributed by atoms with Crippen LogP contribution in [0.5, 0.6) is 0 Å². The van der Waals surface area contributed by atoms with Gasteiger partial charge in [-0.2, -0.15) is 4.98 Å². The minimum Gasteiger partial charge on any atom is -0.423 e. The van der Waals surface area contributed by atoms with Crippen LogP contribution in [-0.4, -0.2) is 31.3 Å². The van der Waals surface area contributed by atoms with Crippen LogP contribution in [0.25, 0.3) is 11.1 Å². The lowest BCUT2D eigenvalue weighted by atomic mass is 10.2. The van der Waals surface area contributed by atoms with Gasteiger partial charge in [0.25, 0.3) is 6.01 Å². The number of anilines is 2. The number of ether oxygens (including phenoxy) is 1. The van der Waals surface area contributed by atoms with E-state index >= 15 is 0 Å². The van der Waals surface area contributed by atoms with Gasteiger partial charge in [-0.25, -0.2) is 0 Å². The van der Waals surface area contributed by atoms with Crippen molar-refractivity contribution in [3.05, 3.63) is 18.2 Å². The van der Waals surface area contributed by atoms with Crippen LogP contribution in [0.4, 0.5) is 11.7 Å². The predicted molar refractivity (Wildman–Crippen MR) is 79.8 cm³/mol. The number of nitrogen functional groups attached to an aromatic ring is 1. The molecule has 1 heterocycles. The summed E-state index contributed by atoms with van der Waals surface area (Å²) < 4.78 is 11.1. The number of hydrogen-bond donors (Lipinski definition) is 1. The van der Waals surface area contributed by atoms with Crippen molar-refractivity contribution in [2.75, 3.05) is 30.9 Å². The minimum absolute atomic E-state index is 0.426. The molecule has 2 N–H and O–H groups in total. The molecule has 0 radical (unpaired) electrons. The first kappa shape index (κ1) is 13.2. The Morgan fingerprint density at radius 1 is 1.50 bits per heavy atom. The molecule has 1 atom stereocenters. The van der Waals surface area contributed by atoms with Gasteiger partial charge >= 0.3 is 0 Å². The van der Waals surface area contributed by atoms with Gasteiger partial charge in [-0.3, -0.25) is 0 Å². The highest BCUT2D eigenvalue weighted by atomic mass is 16.5. The Bertz CT molecular complexity index is 592. The monoisotopic (exact) mass is 275 g/mol. The Labute approximate surface area is 118 Å². The van der Waals surface area contributed by atoms with E-state index in [2.05, 4.69) is 16.8 Å². The van der Waals surface area contributed by atoms with Crippen molar-refractivity contribution >= 4 is 22.8 Å². The van der Waals surface area contributed by atoms with Gasteiger partial charge in [0.2, 0.25) is 0 Å². The number of fused-ring (bicyclic) bond motifs is 1. The van der Waals surface area contributed by atoms with Crippen LogP contribution in [0.2, 0.25) is 0 Å². The smallest absolute Gasteiger partial charge is 0.298 e. The van der Waals surface area contributed by atoms with Crippen LogP contribution in [0.15, 0.2) is 22.6 Å².